The zero-order valence-electron chi connectivity index (χ0n) is 15.4. The molecule has 0 amide bonds. The maximum absolute atomic E-state index is 13.1. The van der Waals surface area contributed by atoms with E-state index in [1.807, 2.05) is 7.05 Å². The van der Waals surface area contributed by atoms with Crippen molar-refractivity contribution in [3.05, 3.63) is 24.0 Å². The topological polar surface area (TPSA) is 76.6 Å². The number of nitrogens with one attached hydrogen (secondary N) is 1. The number of aromatic nitrogens is 1. The summed E-state index contributed by atoms with van der Waals surface area (Å²) in [7, 11) is 3.57. The standard InChI is InChI=1S/C14H18FN3O.C4H11NOS/c15-10-3-6-12-13(7-10)19-14(18-12)17-11-4-1-9(8-16)2-5-11;1-5(7)3-4-6-2/h3,6-7,9,11H,1-2,4-5,8,16H2,(H,17,18);7H,3-4H2,1-2H3. The van der Waals surface area contributed by atoms with Gasteiger partial charge in [-0.25, -0.2) is 4.39 Å². The largest absolute Gasteiger partial charge is 0.423 e. The number of hydrogen-bond acceptors (Lipinski definition) is 7. The van der Waals surface area contributed by atoms with E-state index in [0.717, 1.165) is 45.4 Å². The summed E-state index contributed by atoms with van der Waals surface area (Å²) < 4.78 is 25.1. The number of likely N-dealkylation sites (N-methyl/N-ethyl adjacent to an activating group) is 1. The smallest absolute Gasteiger partial charge is 0.295 e. The van der Waals surface area contributed by atoms with Crippen LogP contribution in [0.25, 0.3) is 11.1 Å². The van der Waals surface area contributed by atoms with Crippen molar-refractivity contribution in [3.63, 3.8) is 0 Å². The number of thiol groups is 1. The van der Waals surface area contributed by atoms with Gasteiger partial charge >= 0.3 is 0 Å². The summed E-state index contributed by atoms with van der Waals surface area (Å²) in [6, 6.07) is 5.24. The number of fused-ring (bicyclic) bond motifs is 1. The van der Waals surface area contributed by atoms with Crippen LogP contribution in [0, 0.1) is 11.7 Å². The van der Waals surface area contributed by atoms with E-state index in [1.54, 1.807) is 17.5 Å². The van der Waals surface area contributed by atoms with Gasteiger partial charge in [0.25, 0.3) is 6.01 Å². The Morgan fingerprint density at radius 3 is 2.69 bits per heavy atom. The molecule has 0 unspecified atom stereocenters. The van der Waals surface area contributed by atoms with Gasteiger partial charge in [0.15, 0.2) is 5.58 Å². The molecule has 1 saturated carbocycles. The molecule has 0 radical (unpaired) electrons. The van der Waals surface area contributed by atoms with Crippen LogP contribution >= 0.6 is 12.8 Å². The van der Waals surface area contributed by atoms with Gasteiger partial charge in [-0.1, -0.05) is 12.8 Å². The van der Waals surface area contributed by atoms with E-state index in [0.29, 0.717) is 29.1 Å². The quantitative estimate of drug-likeness (QED) is 0.664. The van der Waals surface area contributed by atoms with Crippen molar-refractivity contribution in [2.75, 3.05) is 39.2 Å². The first-order valence-corrected chi connectivity index (χ1v) is 9.33. The minimum absolute atomic E-state index is 0.307. The first-order valence-electron chi connectivity index (χ1n) is 8.93. The van der Waals surface area contributed by atoms with Gasteiger partial charge in [-0.2, -0.15) is 4.98 Å². The second-order valence-corrected chi connectivity index (χ2v) is 7.29. The minimum atomic E-state index is -0.307. The highest BCUT2D eigenvalue weighted by atomic mass is 32.1. The van der Waals surface area contributed by atoms with E-state index in [9.17, 15) is 4.39 Å². The fraction of sp³-hybridized carbons (Fsp3) is 0.611. The van der Waals surface area contributed by atoms with Gasteiger partial charge in [0.1, 0.15) is 11.3 Å². The number of anilines is 1. The second-order valence-electron chi connectivity index (χ2n) is 6.60. The molecule has 1 heterocycles. The van der Waals surface area contributed by atoms with Gasteiger partial charge in [0, 0.05) is 25.8 Å². The highest BCUT2D eigenvalue weighted by Crippen LogP contribution is 2.27. The van der Waals surface area contributed by atoms with Crippen LogP contribution in [0.4, 0.5) is 10.4 Å². The summed E-state index contributed by atoms with van der Waals surface area (Å²) in [6.45, 7) is 2.40. The van der Waals surface area contributed by atoms with E-state index < -0.39 is 0 Å². The van der Waals surface area contributed by atoms with E-state index in [-0.39, 0.29) is 5.82 Å². The van der Waals surface area contributed by atoms with E-state index in [4.69, 9.17) is 14.9 Å². The fourth-order valence-electron chi connectivity index (χ4n) is 2.90. The Morgan fingerprint density at radius 2 is 2.12 bits per heavy atom. The van der Waals surface area contributed by atoms with Crippen molar-refractivity contribution in [1.29, 1.82) is 0 Å². The molecule has 3 rings (SSSR count). The molecule has 0 atom stereocenters. The number of methoxy groups -OCH3 is 1. The number of nitrogens with two attached hydrogens (primary N) is 1. The van der Waals surface area contributed by atoms with Gasteiger partial charge in [0.2, 0.25) is 0 Å². The molecule has 8 heteroatoms. The zero-order chi connectivity index (χ0) is 18.9. The summed E-state index contributed by atoms with van der Waals surface area (Å²) >= 11 is 3.99. The normalized spacial score (nSPS) is 20.1. The monoisotopic (exact) mass is 384 g/mol. The average molecular weight is 385 g/mol. The molecule has 1 aromatic carbocycles. The van der Waals surface area contributed by atoms with Crippen LogP contribution in [-0.4, -0.2) is 49.2 Å². The molecule has 1 aromatic heterocycles. The molecule has 0 saturated heterocycles. The summed E-state index contributed by atoms with van der Waals surface area (Å²) in [5, 5.41) is 3.29. The Hall–Kier alpha value is -1.35. The van der Waals surface area contributed by atoms with Crippen LogP contribution in [0.5, 0.6) is 0 Å². The van der Waals surface area contributed by atoms with Gasteiger partial charge in [-0.15, -0.1) is 0 Å². The number of benzene rings is 1. The number of nitrogens with zero attached hydrogens (tertiary/aromatic N) is 2. The van der Waals surface area contributed by atoms with Crippen molar-refractivity contribution in [2.45, 2.75) is 31.7 Å². The number of ether oxygens (including phenoxy) is 1. The number of hydrogen-bond donors (Lipinski definition) is 3. The highest BCUT2D eigenvalue weighted by molar-refractivity contribution is 7.77. The predicted molar refractivity (Wildman–Crippen MR) is 106 cm³/mol. The number of halogens is 1. The van der Waals surface area contributed by atoms with Crippen LogP contribution in [-0.2, 0) is 4.74 Å². The van der Waals surface area contributed by atoms with Crippen molar-refractivity contribution in [3.8, 4) is 0 Å². The lowest BCUT2D eigenvalue weighted by atomic mass is 9.86. The molecule has 0 spiro atoms. The van der Waals surface area contributed by atoms with Gasteiger partial charge < -0.3 is 20.2 Å². The molecule has 3 N–H and O–H groups in total. The maximum Gasteiger partial charge on any atom is 0.295 e. The number of oxazole rings is 1. The van der Waals surface area contributed by atoms with Crippen molar-refractivity contribution in [1.82, 2.24) is 9.29 Å². The van der Waals surface area contributed by atoms with Crippen molar-refractivity contribution in [2.24, 2.45) is 11.7 Å². The number of rotatable bonds is 6. The summed E-state index contributed by atoms with van der Waals surface area (Å²) in [5.74, 6) is 0.342. The fourth-order valence-corrected chi connectivity index (χ4v) is 2.98. The van der Waals surface area contributed by atoms with Gasteiger partial charge in [0.05, 0.1) is 6.61 Å². The zero-order valence-corrected chi connectivity index (χ0v) is 16.3. The summed E-state index contributed by atoms with van der Waals surface area (Å²) in [4.78, 5) is 4.32. The average Bonchev–Trinajstić information content (AvgIpc) is 3.02. The lowest BCUT2D eigenvalue weighted by Gasteiger charge is -2.27. The molecule has 0 aliphatic heterocycles. The van der Waals surface area contributed by atoms with Crippen molar-refractivity contribution >= 4 is 29.9 Å². The maximum atomic E-state index is 13.1. The Balaban J connectivity index is 0.000000298. The highest BCUT2D eigenvalue weighted by Gasteiger charge is 2.21. The second kappa shape index (κ2) is 10.7. The predicted octanol–water partition coefficient (Wildman–Crippen LogP) is 3.31. The lowest BCUT2D eigenvalue weighted by molar-refractivity contribution is 0.188. The third kappa shape index (κ3) is 6.75. The Bertz CT molecular complexity index is 660. The Labute approximate surface area is 159 Å². The van der Waals surface area contributed by atoms with Crippen LogP contribution in [0.2, 0.25) is 0 Å². The molecule has 1 aliphatic carbocycles. The molecular formula is C18H29FN4O2S. The van der Waals surface area contributed by atoms with Gasteiger partial charge in [-0.3, -0.25) is 4.31 Å². The van der Waals surface area contributed by atoms with E-state index >= 15 is 0 Å². The third-order valence-electron chi connectivity index (χ3n) is 4.48. The third-order valence-corrected chi connectivity index (χ3v) is 4.68. The van der Waals surface area contributed by atoms with Crippen LogP contribution in [0.15, 0.2) is 22.6 Å². The first kappa shape index (κ1) is 21.0. The molecule has 26 heavy (non-hydrogen) atoms. The lowest BCUT2D eigenvalue weighted by Crippen LogP contribution is -2.29. The summed E-state index contributed by atoms with van der Waals surface area (Å²) in [6.07, 6.45) is 4.44. The van der Waals surface area contributed by atoms with E-state index in [2.05, 4.69) is 23.1 Å². The first-order chi connectivity index (χ1) is 12.5. The molecule has 146 valence electrons. The molecule has 2 aromatic rings. The molecule has 1 aliphatic rings. The Morgan fingerprint density at radius 1 is 1.38 bits per heavy atom. The van der Waals surface area contributed by atoms with Crippen LogP contribution in [0.1, 0.15) is 25.7 Å². The Kier molecular flexibility index (Phi) is 8.64. The SMILES string of the molecule is COCCN(C)S.NCC1CCC(Nc2nc3ccc(F)cc3o2)CC1. The molecule has 1 fully saturated rings. The minimum Gasteiger partial charge on any atom is -0.423 e. The molecule has 0 bridgehead atoms. The van der Waals surface area contributed by atoms with Crippen LogP contribution in [0.3, 0.4) is 0 Å². The van der Waals surface area contributed by atoms with Crippen molar-refractivity contribution < 1.29 is 13.5 Å². The van der Waals surface area contributed by atoms with E-state index in [1.165, 1.54) is 12.1 Å². The molecule has 6 nitrogen and oxygen atoms in total. The van der Waals surface area contributed by atoms with Gasteiger partial charge in [-0.05, 0) is 57.3 Å². The van der Waals surface area contributed by atoms with Crippen LogP contribution < -0.4 is 11.1 Å². The molecular weight excluding hydrogens is 355 g/mol. The summed E-state index contributed by atoms with van der Waals surface area (Å²) in [5.41, 5.74) is 6.84.